The van der Waals surface area contributed by atoms with E-state index in [0.717, 1.165) is 20.3 Å². The molecule has 1 amide bonds. The largest absolute Gasteiger partial charge is 0.451 e. The smallest absolute Gasteiger partial charge is 0.290 e. The molecule has 0 unspecified atom stereocenters. The van der Waals surface area contributed by atoms with Crippen LogP contribution in [-0.2, 0) is 17.9 Å². The van der Waals surface area contributed by atoms with Crippen molar-refractivity contribution in [3.05, 3.63) is 56.4 Å². The zero-order valence-electron chi connectivity index (χ0n) is 12.8. The molecule has 2 heterocycles. The van der Waals surface area contributed by atoms with E-state index < -0.39 is 0 Å². The lowest BCUT2D eigenvalue weighted by atomic mass is 10.1. The molecule has 3 rings (SSSR count). The third-order valence-corrected chi connectivity index (χ3v) is 5.23. The fraction of sp³-hybridized carbons (Fsp3) is 0.235. The van der Waals surface area contributed by atoms with Crippen LogP contribution in [0.2, 0.25) is 0 Å². The molecular formula is C17H16BrNO3S. The lowest BCUT2D eigenvalue weighted by molar-refractivity contribution is 0.0750. The first kappa shape index (κ1) is 16.2. The van der Waals surface area contributed by atoms with E-state index in [2.05, 4.69) is 15.9 Å². The second-order valence-corrected chi connectivity index (χ2v) is 7.14. The highest BCUT2D eigenvalue weighted by atomic mass is 79.9. The summed E-state index contributed by atoms with van der Waals surface area (Å²) in [4.78, 5) is 15.6. The van der Waals surface area contributed by atoms with Gasteiger partial charge in [0.2, 0.25) is 0 Å². The number of hydrogen-bond donors (Lipinski definition) is 0. The van der Waals surface area contributed by atoms with Gasteiger partial charge in [0.05, 0.1) is 13.2 Å². The van der Waals surface area contributed by atoms with Crippen molar-refractivity contribution in [2.45, 2.75) is 13.2 Å². The molecule has 0 bridgehead atoms. The summed E-state index contributed by atoms with van der Waals surface area (Å²) in [5.74, 6) is 0.212. The number of halogens is 1. The Morgan fingerprint density at radius 3 is 2.87 bits per heavy atom. The fourth-order valence-electron chi connectivity index (χ4n) is 2.47. The molecule has 0 N–H and O–H groups in total. The number of methoxy groups -OCH3 is 1. The molecule has 0 spiro atoms. The van der Waals surface area contributed by atoms with Gasteiger partial charge in [-0.05, 0) is 28.1 Å². The minimum atomic E-state index is -0.141. The van der Waals surface area contributed by atoms with E-state index in [-0.39, 0.29) is 5.91 Å². The first-order valence-electron chi connectivity index (χ1n) is 7.08. The molecule has 4 nitrogen and oxygen atoms in total. The SMILES string of the molecule is COCc1c(C(=O)N(C)Cc2cc(Br)cs2)oc2ccccc12. The van der Waals surface area contributed by atoms with Gasteiger partial charge < -0.3 is 14.1 Å². The molecule has 0 saturated heterocycles. The molecule has 0 aliphatic carbocycles. The van der Waals surface area contributed by atoms with Crippen molar-refractivity contribution in [2.75, 3.05) is 14.2 Å². The van der Waals surface area contributed by atoms with Crippen molar-refractivity contribution < 1.29 is 13.9 Å². The van der Waals surface area contributed by atoms with Gasteiger partial charge in [0.25, 0.3) is 5.91 Å². The predicted octanol–water partition coefficient (Wildman–Crippen LogP) is 4.68. The van der Waals surface area contributed by atoms with Crippen LogP contribution in [0.25, 0.3) is 11.0 Å². The summed E-state index contributed by atoms with van der Waals surface area (Å²) >= 11 is 5.05. The van der Waals surface area contributed by atoms with Crippen molar-refractivity contribution in [3.63, 3.8) is 0 Å². The van der Waals surface area contributed by atoms with Crippen molar-refractivity contribution in [1.82, 2.24) is 4.90 Å². The molecule has 120 valence electrons. The maximum absolute atomic E-state index is 12.8. The van der Waals surface area contributed by atoms with Crippen LogP contribution in [0.4, 0.5) is 0 Å². The second kappa shape index (κ2) is 6.86. The summed E-state index contributed by atoms with van der Waals surface area (Å²) in [6, 6.07) is 9.65. The Hall–Kier alpha value is -1.63. The van der Waals surface area contributed by atoms with Gasteiger partial charge in [-0.2, -0.15) is 0 Å². The van der Waals surface area contributed by atoms with Crippen LogP contribution in [-0.4, -0.2) is 25.0 Å². The molecule has 0 atom stereocenters. The molecular weight excluding hydrogens is 378 g/mol. The van der Waals surface area contributed by atoms with Gasteiger partial charge >= 0.3 is 0 Å². The van der Waals surface area contributed by atoms with E-state index >= 15 is 0 Å². The number of hydrogen-bond acceptors (Lipinski definition) is 4. The van der Waals surface area contributed by atoms with E-state index in [1.807, 2.05) is 35.7 Å². The number of furan rings is 1. The Morgan fingerprint density at radius 2 is 2.17 bits per heavy atom. The number of thiophene rings is 1. The summed E-state index contributed by atoms with van der Waals surface area (Å²) in [5.41, 5.74) is 1.50. The Balaban J connectivity index is 1.91. The number of benzene rings is 1. The molecule has 0 saturated carbocycles. The van der Waals surface area contributed by atoms with Gasteiger partial charge in [0.1, 0.15) is 5.58 Å². The molecule has 2 aromatic heterocycles. The highest BCUT2D eigenvalue weighted by Gasteiger charge is 2.23. The molecule has 0 radical (unpaired) electrons. The maximum Gasteiger partial charge on any atom is 0.290 e. The monoisotopic (exact) mass is 393 g/mol. The van der Waals surface area contributed by atoms with Crippen LogP contribution >= 0.6 is 27.3 Å². The average molecular weight is 394 g/mol. The minimum Gasteiger partial charge on any atom is -0.451 e. The molecule has 23 heavy (non-hydrogen) atoms. The van der Waals surface area contributed by atoms with Crippen molar-refractivity contribution in [3.8, 4) is 0 Å². The number of rotatable bonds is 5. The highest BCUT2D eigenvalue weighted by molar-refractivity contribution is 9.10. The lowest BCUT2D eigenvalue weighted by Crippen LogP contribution is -2.26. The second-order valence-electron chi connectivity index (χ2n) is 5.23. The molecule has 6 heteroatoms. The summed E-state index contributed by atoms with van der Waals surface area (Å²) in [7, 11) is 3.39. The normalized spacial score (nSPS) is 11.1. The maximum atomic E-state index is 12.8. The van der Waals surface area contributed by atoms with Crippen LogP contribution < -0.4 is 0 Å². The Bertz CT molecular complexity index is 839. The Labute approximate surface area is 146 Å². The topological polar surface area (TPSA) is 42.7 Å². The standard InChI is InChI=1S/C17H16BrNO3S/c1-19(8-12-7-11(18)10-23-12)17(20)16-14(9-21-2)13-5-3-4-6-15(13)22-16/h3-7,10H,8-9H2,1-2H3. The van der Waals surface area contributed by atoms with Crippen LogP contribution in [0.1, 0.15) is 21.0 Å². The minimum absolute atomic E-state index is 0.141. The number of fused-ring (bicyclic) bond motifs is 1. The highest BCUT2D eigenvalue weighted by Crippen LogP contribution is 2.28. The molecule has 0 fully saturated rings. The summed E-state index contributed by atoms with van der Waals surface area (Å²) in [6.07, 6.45) is 0. The number of ether oxygens (including phenoxy) is 1. The third kappa shape index (κ3) is 3.34. The van der Waals surface area contributed by atoms with Gasteiger partial charge in [-0.3, -0.25) is 4.79 Å². The van der Waals surface area contributed by atoms with E-state index in [9.17, 15) is 4.79 Å². The Kier molecular flexibility index (Phi) is 4.84. The molecule has 1 aromatic carbocycles. The first-order chi connectivity index (χ1) is 11.1. The van der Waals surface area contributed by atoms with Crippen LogP contribution in [0.5, 0.6) is 0 Å². The summed E-state index contributed by atoms with van der Waals surface area (Å²) < 4.78 is 12.1. The number of carbonyl (C=O) groups excluding carboxylic acids is 1. The van der Waals surface area contributed by atoms with Crippen LogP contribution in [0.15, 0.2) is 44.6 Å². The van der Waals surface area contributed by atoms with Crippen molar-refractivity contribution in [2.24, 2.45) is 0 Å². The van der Waals surface area contributed by atoms with Gasteiger partial charge in [0, 0.05) is 39.8 Å². The number of amides is 1. The van der Waals surface area contributed by atoms with Crippen LogP contribution in [0, 0.1) is 0 Å². The van der Waals surface area contributed by atoms with Gasteiger partial charge in [0.15, 0.2) is 5.76 Å². The quantitative estimate of drug-likeness (QED) is 0.631. The van der Waals surface area contributed by atoms with Crippen molar-refractivity contribution in [1.29, 1.82) is 0 Å². The van der Waals surface area contributed by atoms with E-state index in [4.69, 9.17) is 9.15 Å². The van der Waals surface area contributed by atoms with Gasteiger partial charge in [-0.15, -0.1) is 11.3 Å². The zero-order valence-corrected chi connectivity index (χ0v) is 15.2. The van der Waals surface area contributed by atoms with E-state index in [0.29, 0.717) is 24.5 Å². The average Bonchev–Trinajstić information content (AvgIpc) is 3.11. The molecule has 0 aliphatic heterocycles. The van der Waals surface area contributed by atoms with Crippen LogP contribution in [0.3, 0.4) is 0 Å². The summed E-state index contributed by atoms with van der Waals surface area (Å²) in [5, 5.41) is 2.93. The van der Waals surface area contributed by atoms with E-state index in [1.54, 1.807) is 30.4 Å². The third-order valence-electron chi connectivity index (χ3n) is 3.54. The number of nitrogens with zero attached hydrogens (tertiary/aromatic N) is 1. The van der Waals surface area contributed by atoms with Gasteiger partial charge in [-0.1, -0.05) is 18.2 Å². The Morgan fingerprint density at radius 1 is 1.39 bits per heavy atom. The van der Waals surface area contributed by atoms with E-state index in [1.165, 1.54) is 0 Å². The first-order valence-corrected chi connectivity index (χ1v) is 8.75. The predicted molar refractivity (Wildman–Crippen MR) is 94.7 cm³/mol. The molecule has 0 aliphatic rings. The van der Waals surface area contributed by atoms with Gasteiger partial charge in [-0.25, -0.2) is 0 Å². The zero-order chi connectivity index (χ0) is 16.4. The number of para-hydroxylation sites is 1. The summed E-state index contributed by atoms with van der Waals surface area (Å²) in [6.45, 7) is 0.884. The fourth-order valence-corrected chi connectivity index (χ4v) is 3.98. The molecule has 3 aromatic rings. The lowest BCUT2D eigenvalue weighted by Gasteiger charge is -2.15. The van der Waals surface area contributed by atoms with Crippen molar-refractivity contribution >= 4 is 44.1 Å². The number of carbonyl (C=O) groups is 1.